The number of ether oxygens (including phenoxy) is 1. The van der Waals surface area contributed by atoms with Crippen molar-refractivity contribution in [2.24, 2.45) is 0 Å². The van der Waals surface area contributed by atoms with Crippen molar-refractivity contribution in [3.8, 4) is 0 Å². The second-order valence-corrected chi connectivity index (χ2v) is 3.44. The molecule has 2 nitrogen and oxygen atoms in total. The molecule has 0 spiro atoms. The molecule has 0 saturated heterocycles. The van der Waals surface area contributed by atoms with Gasteiger partial charge in [-0.05, 0) is 24.1 Å². The van der Waals surface area contributed by atoms with Crippen molar-refractivity contribution in [2.75, 3.05) is 6.61 Å². The summed E-state index contributed by atoms with van der Waals surface area (Å²) in [5, 5.41) is 3.32. The minimum Gasteiger partial charge on any atom is -0.494 e. The smallest absolute Gasteiger partial charge is 0.119 e. The van der Waals surface area contributed by atoms with Crippen LogP contribution in [0.25, 0.3) is 5.76 Å². The van der Waals surface area contributed by atoms with Crippen LogP contribution in [-0.2, 0) is 17.8 Å². The van der Waals surface area contributed by atoms with E-state index in [2.05, 4.69) is 30.1 Å². The van der Waals surface area contributed by atoms with Crippen molar-refractivity contribution in [2.45, 2.75) is 20.0 Å². The van der Waals surface area contributed by atoms with Gasteiger partial charge in [0.25, 0.3) is 0 Å². The molecule has 0 aromatic heterocycles. The fourth-order valence-corrected chi connectivity index (χ4v) is 1.73. The van der Waals surface area contributed by atoms with Crippen LogP contribution in [-0.4, -0.2) is 6.61 Å². The normalized spacial score (nSPS) is 13.8. The third kappa shape index (κ3) is 1.66. The number of benzene rings is 1. The second-order valence-electron chi connectivity index (χ2n) is 3.44. The van der Waals surface area contributed by atoms with Crippen molar-refractivity contribution >= 4 is 5.76 Å². The van der Waals surface area contributed by atoms with E-state index in [0.29, 0.717) is 6.61 Å². The molecule has 74 valence electrons. The molecule has 0 saturated carbocycles. The highest BCUT2D eigenvalue weighted by atomic mass is 16.5. The Morgan fingerprint density at radius 1 is 1.43 bits per heavy atom. The van der Waals surface area contributed by atoms with E-state index in [-0.39, 0.29) is 0 Å². The largest absolute Gasteiger partial charge is 0.494 e. The lowest BCUT2D eigenvalue weighted by Crippen LogP contribution is -1.99. The maximum Gasteiger partial charge on any atom is 0.119 e. The summed E-state index contributed by atoms with van der Waals surface area (Å²) >= 11 is 0. The standard InChI is InChI=1S/C12H15NO/c1-3-14-9(2)10-4-5-11-7-13-8-12(11)6-10/h4-6,13H,2-3,7-8H2,1H3. The van der Waals surface area contributed by atoms with Gasteiger partial charge in [0.1, 0.15) is 5.76 Å². The monoisotopic (exact) mass is 189 g/mol. The summed E-state index contributed by atoms with van der Waals surface area (Å²) in [7, 11) is 0. The average molecular weight is 189 g/mol. The first-order valence-electron chi connectivity index (χ1n) is 4.96. The van der Waals surface area contributed by atoms with Gasteiger partial charge in [0, 0.05) is 18.7 Å². The first-order valence-corrected chi connectivity index (χ1v) is 4.96. The predicted molar refractivity (Wildman–Crippen MR) is 57.6 cm³/mol. The maximum atomic E-state index is 5.37. The number of hydrogen-bond donors (Lipinski definition) is 1. The van der Waals surface area contributed by atoms with Crippen molar-refractivity contribution in [3.05, 3.63) is 41.5 Å². The topological polar surface area (TPSA) is 21.3 Å². The molecule has 0 aliphatic carbocycles. The number of fused-ring (bicyclic) bond motifs is 1. The van der Waals surface area contributed by atoms with Crippen LogP contribution in [0.3, 0.4) is 0 Å². The summed E-state index contributed by atoms with van der Waals surface area (Å²) in [5.41, 5.74) is 3.84. The van der Waals surface area contributed by atoms with Crippen LogP contribution < -0.4 is 5.32 Å². The van der Waals surface area contributed by atoms with Gasteiger partial charge in [-0.25, -0.2) is 0 Å². The number of nitrogens with one attached hydrogen (secondary N) is 1. The summed E-state index contributed by atoms with van der Waals surface area (Å²) in [6.45, 7) is 8.49. The molecular formula is C12H15NO. The Morgan fingerprint density at radius 2 is 2.21 bits per heavy atom. The molecule has 1 aromatic carbocycles. The summed E-state index contributed by atoms with van der Waals surface area (Å²) in [5.74, 6) is 0.766. The Kier molecular flexibility index (Phi) is 2.55. The Balaban J connectivity index is 2.24. The minimum absolute atomic E-state index is 0.675. The van der Waals surface area contributed by atoms with Crippen LogP contribution in [0.2, 0.25) is 0 Å². The molecule has 0 bridgehead atoms. The summed E-state index contributed by atoms with van der Waals surface area (Å²) in [6, 6.07) is 6.38. The minimum atomic E-state index is 0.675. The molecular weight excluding hydrogens is 174 g/mol. The molecule has 1 aromatic rings. The van der Waals surface area contributed by atoms with E-state index < -0.39 is 0 Å². The van der Waals surface area contributed by atoms with Gasteiger partial charge in [-0.3, -0.25) is 0 Å². The van der Waals surface area contributed by atoms with Crippen LogP contribution in [0.1, 0.15) is 23.6 Å². The van der Waals surface area contributed by atoms with Crippen molar-refractivity contribution < 1.29 is 4.74 Å². The van der Waals surface area contributed by atoms with Gasteiger partial charge in [0.05, 0.1) is 6.61 Å². The van der Waals surface area contributed by atoms with Gasteiger partial charge < -0.3 is 10.1 Å². The molecule has 0 unspecified atom stereocenters. The fourth-order valence-electron chi connectivity index (χ4n) is 1.73. The van der Waals surface area contributed by atoms with Gasteiger partial charge in [-0.2, -0.15) is 0 Å². The van der Waals surface area contributed by atoms with Gasteiger partial charge in [-0.15, -0.1) is 0 Å². The highest BCUT2D eigenvalue weighted by Gasteiger charge is 2.11. The Morgan fingerprint density at radius 3 is 3.00 bits per heavy atom. The Labute approximate surface area is 84.6 Å². The van der Waals surface area contributed by atoms with E-state index in [0.717, 1.165) is 24.4 Å². The third-order valence-corrected chi connectivity index (χ3v) is 2.48. The third-order valence-electron chi connectivity index (χ3n) is 2.48. The second kappa shape index (κ2) is 3.84. The van der Waals surface area contributed by atoms with E-state index in [1.807, 2.05) is 6.92 Å². The molecule has 0 fully saturated rings. The molecule has 0 radical (unpaired) electrons. The average Bonchev–Trinajstić information content (AvgIpc) is 2.64. The van der Waals surface area contributed by atoms with Crippen molar-refractivity contribution in [1.29, 1.82) is 0 Å². The molecule has 1 heterocycles. The van der Waals surface area contributed by atoms with Crippen LogP contribution in [0.15, 0.2) is 24.8 Å². The van der Waals surface area contributed by atoms with Crippen LogP contribution in [0.4, 0.5) is 0 Å². The zero-order valence-electron chi connectivity index (χ0n) is 8.47. The van der Waals surface area contributed by atoms with Gasteiger partial charge in [0.2, 0.25) is 0 Å². The van der Waals surface area contributed by atoms with Crippen LogP contribution in [0, 0.1) is 0 Å². The van der Waals surface area contributed by atoms with Crippen molar-refractivity contribution in [3.63, 3.8) is 0 Å². The molecule has 0 atom stereocenters. The van der Waals surface area contributed by atoms with Gasteiger partial charge >= 0.3 is 0 Å². The first-order chi connectivity index (χ1) is 6.81. The highest BCUT2D eigenvalue weighted by Crippen LogP contribution is 2.21. The van der Waals surface area contributed by atoms with E-state index in [1.54, 1.807) is 0 Å². The first kappa shape index (κ1) is 9.28. The lowest BCUT2D eigenvalue weighted by Gasteiger charge is -2.08. The molecule has 14 heavy (non-hydrogen) atoms. The predicted octanol–water partition coefficient (Wildman–Crippen LogP) is 2.30. The quantitative estimate of drug-likeness (QED) is 0.737. The summed E-state index contributed by atoms with van der Waals surface area (Å²) in [4.78, 5) is 0. The SMILES string of the molecule is C=C(OCC)c1ccc2c(c1)CNC2. The number of rotatable bonds is 3. The van der Waals surface area contributed by atoms with Gasteiger partial charge in [-0.1, -0.05) is 18.7 Å². The fraction of sp³-hybridized carbons (Fsp3) is 0.333. The van der Waals surface area contributed by atoms with Gasteiger partial charge in [0.15, 0.2) is 0 Å². The van der Waals surface area contributed by atoms with E-state index in [9.17, 15) is 0 Å². The highest BCUT2D eigenvalue weighted by molar-refractivity contribution is 5.59. The Hall–Kier alpha value is -1.28. The summed E-state index contributed by atoms with van der Waals surface area (Å²) in [6.07, 6.45) is 0. The van der Waals surface area contributed by atoms with E-state index >= 15 is 0 Å². The maximum absolute atomic E-state index is 5.37. The van der Waals surface area contributed by atoms with E-state index in [4.69, 9.17) is 4.74 Å². The summed E-state index contributed by atoms with van der Waals surface area (Å²) < 4.78 is 5.37. The van der Waals surface area contributed by atoms with E-state index in [1.165, 1.54) is 11.1 Å². The number of hydrogen-bond acceptors (Lipinski definition) is 2. The zero-order valence-corrected chi connectivity index (χ0v) is 8.47. The molecule has 0 amide bonds. The lowest BCUT2D eigenvalue weighted by atomic mass is 10.1. The molecule has 1 aliphatic rings. The van der Waals surface area contributed by atoms with Crippen molar-refractivity contribution in [1.82, 2.24) is 5.32 Å². The lowest BCUT2D eigenvalue weighted by molar-refractivity contribution is 0.299. The Bertz CT molecular complexity index is 357. The molecule has 1 N–H and O–H groups in total. The molecule has 1 aliphatic heterocycles. The van der Waals surface area contributed by atoms with Crippen LogP contribution in [0.5, 0.6) is 0 Å². The van der Waals surface area contributed by atoms with Crippen LogP contribution >= 0.6 is 0 Å². The molecule has 2 rings (SSSR count). The zero-order chi connectivity index (χ0) is 9.97. The molecule has 2 heteroatoms.